The van der Waals surface area contributed by atoms with Crippen molar-refractivity contribution in [3.05, 3.63) is 59.8 Å². The minimum absolute atomic E-state index is 0.0471. The lowest BCUT2D eigenvalue weighted by Gasteiger charge is -2.32. The van der Waals surface area contributed by atoms with E-state index in [1.165, 1.54) is 17.8 Å². The number of nitrogens with zero attached hydrogens (tertiary/aromatic N) is 2. The Bertz CT molecular complexity index is 755. The highest BCUT2D eigenvalue weighted by Gasteiger charge is 2.46. The molecule has 2 atom stereocenters. The topological polar surface area (TPSA) is 59.0 Å². The van der Waals surface area contributed by atoms with Crippen molar-refractivity contribution >= 4 is 28.8 Å². The van der Waals surface area contributed by atoms with Crippen molar-refractivity contribution in [1.29, 1.82) is 0 Å². The molecule has 24 heavy (non-hydrogen) atoms. The maximum atomic E-state index is 12.6. The van der Waals surface area contributed by atoms with Crippen LogP contribution in [0.1, 0.15) is 25.5 Å². The Labute approximate surface area is 145 Å². The molecule has 0 aromatic heterocycles. The molecule has 2 aliphatic heterocycles. The van der Waals surface area contributed by atoms with Crippen molar-refractivity contribution in [2.45, 2.75) is 25.1 Å². The maximum Gasteiger partial charge on any atom is 0.338 e. The van der Waals surface area contributed by atoms with E-state index >= 15 is 0 Å². The molecule has 2 aliphatic rings. The summed E-state index contributed by atoms with van der Waals surface area (Å²) in [4.78, 5) is 31.3. The number of thioether (sulfide) groups is 1. The molecule has 124 valence electrons. The third-order valence-corrected chi connectivity index (χ3v) is 4.98. The molecule has 1 saturated heterocycles. The van der Waals surface area contributed by atoms with E-state index in [9.17, 15) is 9.59 Å². The molecule has 0 bridgehead atoms. The normalized spacial score (nSPS) is 23.0. The zero-order valence-corrected chi connectivity index (χ0v) is 14.4. The SMILES string of the molecule is C=CCOC(=O)C1=C(C)N=C2S[C@H](C)C(=O)N2[C@H]1c1ccccc1. The number of amides is 1. The molecule has 2 heterocycles. The van der Waals surface area contributed by atoms with Gasteiger partial charge in [0.2, 0.25) is 5.91 Å². The van der Waals surface area contributed by atoms with E-state index in [2.05, 4.69) is 11.6 Å². The lowest BCUT2D eigenvalue weighted by Crippen LogP contribution is -2.40. The van der Waals surface area contributed by atoms with Gasteiger partial charge < -0.3 is 4.74 Å². The summed E-state index contributed by atoms with van der Waals surface area (Å²) in [7, 11) is 0. The number of aliphatic imine (C=N–C) groups is 1. The van der Waals surface area contributed by atoms with Crippen LogP contribution in [-0.4, -0.2) is 33.8 Å². The van der Waals surface area contributed by atoms with E-state index in [-0.39, 0.29) is 17.8 Å². The van der Waals surface area contributed by atoms with Crippen LogP contribution in [0.25, 0.3) is 0 Å². The van der Waals surface area contributed by atoms with Gasteiger partial charge in [-0.3, -0.25) is 9.69 Å². The van der Waals surface area contributed by atoms with Crippen LogP contribution in [0.5, 0.6) is 0 Å². The average Bonchev–Trinajstić information content (AvgIpc) is 2.86. The minimum Gasteiger partial charge on any atom is -0.458 e. The number of rotatable bonds is 4. The predicted molar refractivity (Wildman–Crippen MR) is 94.4 cm³/mol. The van der Waals surface area contributed by atoms with Gasteiger partial charge in [0, 0.05) is 0 Å². The molecule has 0 radical (unpaired) electrons. The van der Waals surface area contributed by atoms with E-state index in [4.69, 9.17) is 4.74 Å². The molecule has 1 aromatic carbocycles. The number of allylic oxidation sites excluding steroid dienone is 1. The van der Waals surface area contributed by atoms with Gasteiger partial charge in [0.05, 0.1) is 22.6 Å². The summed E-state index contributed by atoms with van der Waals surface area (Å²) in [5.74, 6) is -0.518. The highest BCUT2D eigenvalue weighted by molar-refractivity contribution is 8.15. The standard InChI is InChI=1S/C18H18N2O3S/c1-4-10-23-17(22)14-11(2)19-18-20(16(21)12(3)24-18)15(14)13-8-6-5-7-9-13/h4-9,12,15H,1,10H2,2-3H3/t12-,15+/m1/s1. The number of amidine groups is 1. The van der Waals surface area contributed by atoms with Gasteiger partial charge in [0.15, 0.2) is 5.17 Å². The van der Waals surface area contributed by atoms with E-state index in [1.54, 1.807) is 11.8 Å². The molecule has 1 aromatic rings. The Balaban J connectivity index is 2.10. The van der Waals surface area contributed by atoms with Crippen molar-refractivity contribution in [1.82, 2.24) is 4.90 Å². The zero-order valence-electron chi connectivity index (χ0n) is 13.6. The van der Waals surface area contributed by atoms with Crippen LogP contribution in [0.15, 0.2) is 59.2 Å². The largest absolute Gasteiger partial charge is 0.458 e. The van der Waals surface area contributed by atoms with Gasteiger partial charge in [-0.25, -0.2) is 9.79 Å². The fourth-order valence-electron chi connectivity index (χ4n) is 2.83. The Morgan fingerprint density at radius 3 is 2.79 bits per heavy atom. The number of carbonyl (C=O) groups is 2. The molecule has 0 N–H and O–H groups in total. The summed E-state index contributed by atoms with van der Waals surface area (Å²) in [6.07, 6.45) is 1.52. The molecule has 0 saturated carbocycles. The van der Waals surface area contributed by atoms with Gasteiger partial charge >= 0.3 is 5.97 Å². The Hall–Kier alpha value is -2.34. The minimum atomic E-state index is -0.513. The van der Waals surface area contributed by atoms with Gasteiger partial charge in [-0.15, -0.1) is 0 Å². The number of carbonyl (C=O) groups excluding carboxylic acids is 2. The molecular weight excluding hydrogens is 324 g/mol. The number of hydrogen-bond acceptors (Lipinski definition) is 5. The number of hydrogen-bond donors (Lipinski definition) is 0. The van der Waals surface area contributed by atoms with E-state index in [0.29, 0.717) is 16.4 Å². The van der Waals surface area contributed by atoms with Crippen molar-refractivity contribution < 1.29 is 14.3 Å². The smallest absolute Gasteiger partial charge is 0.338 e. The first-order chi connectivity index (χ1) is 11.5. The van der Waals surface area contributed by atoms with Crippen molar-refractivity contribution in [3.63, 3.8) is 0 Å². The second-order valence-electron chi connectivity index (χ2n) is 5.56. The van der Waals surface area contributed by atoms with E-state index in [0.717, 1.165) is 5.56 Å². The molecule has 0 aliphatic carbocycles. The molecular formula is C18H18N2O3S. The molecule has 0 unspecified atom stereocenters. The van der Waals surface area contributed by atoms with Gasteiger partial charge in [-0.1, -0.05) is 54.7 Å². The van der Waals surface area contributed by atoms with E-state index < -0.39 is 12.0 Å². The Kier molecular flexibility index (Phi) is 4.57. The van der Waals surface area contributed by atoms with Crippen LogP contribution in [0.2, 0.25) is 0 Å². The molecule has 5 nitrogen and oxygen atoms in total. The lowest BCUT2D eigenvalue weighted by atomic mass is 9.94. The van der Waals surface area contributed by atoms with Crippen LogP contribution < -0.4 is 0 Å². The van der Waals surface area contributed by atoms with Crippen LogP contribution in [0.4, 0.5) is 0 Å². The Morgan fingerprint density at radius 1 is 1.42 bits per heavy atom. The molecule has 6 heteroatoms. The average molecular weight is 342 g/mol. The van der Waals surface area contributed by atoms with Crippen molar-refractivity contribution in [3.8, 4) is 0 Å². The molecule has 1 amide bonds. The van der Waals surface area contributed by atoms with Crippen LogP contribution in [0, 0.1) is 0 Å². The second-order valence-corrected chi connectivity index (χ2v) is 6.87. The highest BCUT2D eigenvalue weighted by Crippen LogP contribution is 2.43. The quantitative estimate of drug-likeness (QED) is 0.623. The fourth-order valence-corrected chi connectivity index (χ4v) is 3.86. The summed E-state index contributed by atoms with van der Waals surface area (Å²) in [6, 6.07) is 8.97. The third kappa shape index (κ3) is 2.78. The molecule has 0 spiro atoms. The second kappa shape index (κ2) is 6.65. The Morgan fingerprint density at radius 2 is 2.12 bits per heavy atom. The van der Waals surface area contributed by atoms with Gasteiger partial charge in [-0.2, -0.15) is 0 Å². The first kappa shape index (κ1) is 16.5. The van der Waals surface area contributed by atoms with E-state index in [1.807, 2.05) is 37.3 Å². The van der Waals surface area contributed by atoms with Crippen molar-refractivity contribution in [2.24, 2.45) is 4.99 Å². The summed E-state index contributed by atoms with van der Waals surface area (Å²) in [5, 5.41) is 0.422. The highest BCUT2D eigenvalue weighted by atomic mass is 32.2. The lowest BCUT2D eigenvalue weighted by molar-refractivity contribution is -0.139. The first-order valence-electron chi connectivity index (χ1n) is 7.66. The van der Waals surface area contributed by atoms with Crippen molar-refractivity contribution in [2.75, 3.05) is 6.61 Å². The number of ether oxygens (including phenoxy) is 1. The predicted octanol–water partition coefficient (Wildman–Crippen LogP) is 3.06. The fraction of sp³-hybridized carbons (Fsp3) is 0.278. The number of esters is 1. The first-order valence-corrected chi connectivity index (χ1v) is 8.54. The van der Waals surface area contributed by atoms with Gasteiger partial charge in [0.25, 0.3) is 0 Å². The maximum absolute atomic E-state index is 12.6. The van der Waals surface area contributed by atoms with Crippen LogP contribution >= 0.6 is 11.8 Å². The number of fused-ring (bicyclic) bond motifs is 1. The summed E-state index contributed by atoms with van der Waals surface area (Å²) < 4.78 is 5.23. The monoisotopic (exact) mass is 342 g/mol. The summed E-state index contributed by atoms with van der Waals surface area (Å²) in [6.45, 7) is 7.30. The van der Waals surface area contributed by atoms with Crippen LogP contribution in [-0.2, 0) is 14.3 Å². The van der Waals surface area contributed by atoms with Gasteiger partial charge in [0.1, 0.15) is 6.61 Å². The summed E-state index contributed by atoms with van der Waals surface area (Å²) >= 11 is 1.42. The van der Waals surface area contributed by atoms with Crippen LogP contribution in [0.3, 0.4) is 0 Å². The van der Waals surface area contributed by atoms with Gasteiger partial charge in [-0.05, 0) is 19.4 Å². The molecule has 1 fully saturated rings. The third-order valence-electron chi connectivity index (χ3n) is 3.93. The zero-order chi connectivity index (χ0) is 17.3. The number of benzene rings is 1. The summed E-state index contributed by atoms with van der Waals surface area (Å²) in [5.41, 5.74) is 1.84. The molecule has 3 rings (SSSR count).